The smallest absolute Gasteiger partial charge is 0.296 e. The minimum absolute atomic E-state index is 0.0287. The molecule has 6 aromatic carbocycles. The summed E-state index contributed by atoms with van der Waals surface area (Å²) < 4.78 is 107. The maximum atomic E-state index is 13.4. The molecule has 0 unspecified atom stereocenters. The summed E-state index contributed by atoms with van der Waals surface area (Å²) >= 11 is 0. The van der Waals surface area contributed by atoms with Gasteiger partial charge in [0.05, 0.1) is 20.9 Å². The van der Waals surface area contributed by atoms with Crippen LogP contribution in [0.25, 0.3) is 10.8 Å². The van der Waals surface area contributed by atoms with Gasteiger partial charge in [-0.2, -0.15) is 8.42 Å². The fourth-order valence-corrected chi connectivity index (χ4v) is 7.61. The lowest BCUT2D eigenvalue weighted by Gasteiger charge is -2.22. The van der Waals surface area contributed by atoms with Crippen molar-refractivity contribution in [3.63, 3.8) is 0 Å². The highest BCUT2D eigenvalue weighted by atomic mass is 32.3. The molecular weight excluding hydrogens is 759 g/mol. The zero-order valence-corrected chi connectivity index (χ0v) is 31.1. The van der Waals surface area contributed by atoms with Gasteiger partial charge in [-0.15, -0.1) is 10.2 Å². The third-order valence-corrected chi connectivity index (χ3v) is 11.2. The number of azo groups is 1. The molecule has 0 saturated carbocycles. The minimum Gasteiger partial charge on any atom is -0.505 e. The summed E-state index contributed by atoms with van der Waals surface area (Å²) in [5.41, 5.74) is 1.14. The van der Waals surface area contributed by atoms with Gasteiger partial charge in [-0.25, -0.2) is 8.42 Å². The van der Waals surface area contributed by atoms with E-state index in [1.807, 2.05) is 44.2 Å². The van der Waals surface area contributed by atoms with E-state index in [1.54, 1.807) is 43.3 Å². The summed E-state index contributed by atoms with van der Waals surface area (Å²) in [6.45, 7) is 5.45. The van der Waals surface area contributed by atoms with Gasteiger partial charge >= 0.3 is 0 Å². The molecule has 0 heterocycles. The first-order valence-corrected chi connectivity index (χ1v) is 20.3. The standard InChI is InChI=1S/C37H33N3O11S3/c1-22-12-15-27(16-13-22)52(42,43)40-30-21-28(53(44,45)46)18-25-19-34(54(47,48)49)36(37(41)35(25)30)39-38-29-17-14-26(50-31-10-6-4-8-23(31)2)20-33(29)51-32-11-7-5-9-24(32)3/h4-21,40-41,44-46H,1-3H3,(H,47,48,49). The van der Waals surface area contributed by atoms with Gasteiger partial charge in [0.1, 0.15) is 44.4 Å². The molecule has 0 radical (unpaired) electrons. The summed E-state index contributed by atoms with van der Waals surface area (Å²) in [5.74, 6) is 0.525. The van der Waals surface area contributed by atoms with Gasteiger partial charge in [-0.3, -0.25) is 9.27 Å². The molecule has 0 saturated heterocycles. The number of rotatable bonds is 11. The highest BCUT2D eigenvalue weighted by Gasteiger charge is 2.28. The van der Waals surface area contributed by atoms with Crippen LogP contribution in [0.5, 0.6) is 28.7 Å². The molecule has 0 atom stereocenters. The number of para-hydroxylation sites is 2. The van der Waals surface area contributed by atoms with Gasteiger partial charge in [0.15, 0.2) is 11.5 Å². The van der Waals surface area contributed by atoms with Crippen LogP contribution in [0.2, 0.25) is 0 Å². The van der Waals surface area contributed by atoms with Crippen LogP contribution < -0.4 is 14.2 Å². The van der Waals surface area contributed by atoms with E-state index in [4.69, 9.17) is 9.47 Å². The number of hydrogen-bond acceptors (Lipinski definition) is 12. The summed E-state index contributed by atoms with van der Waals surface area (Å²) in [7, 11) is -14.1. The number of nitrogens with one attached hydrogen (secondary N) is 1. The second-order valence-corrected chi connectivity index (χ2v) is 16.7. The number of hydrogen-bond donors (Lipinski definition) is 6. The molecule has 0 spiro atoms. The van der Waals surface area contributed by atoms with E-state index < -0.39 is 57.9 Å². The molecule has 0 fully saturated rings. The molecule has 17 heteroatoms. The molecule has 0 amide bonds. The Balaban J connectivity index is 1.53. The van der Waals surface area contributed by atoms with Gasteiger partial charge < -0.3 is 28.2 Å². The van der Waals surface area contributed by atoms with Crippen molar-refractivity contribution >= 4 is 58.8 Å². The van der Waals surface area contributed by atoms with Gasteiger partial charge in [-0.1, -0.05) is 54.1 Å². The highest BCUT2D eigenvalue weighted by molar-refractivity contribution is 8.19. The van der Waals surface area contributed by atoms with E-state index in [0.717, 1.165) is 34.9 Å². The van der Waals surface area contributed by atoms with E-state index in [9.17, 15) is 40.2 Å². The molecule has 14 nitrogen and oxygen atoms in total. The summed E-state index contributed by atoms with van der Waals surface area (Å²) in [6.07, 6.45) is 0. The molecule has 6 N–H and O–H groups in total. The normalized spacial score (nSPS) is 12.6. The van der Waals surface area contributed by atoms with Crippen molar-refractivity contribution in [1.29, 1.82) is 0 Å². The van der Waals surface area contributed by atoms with Crippen LogP contribution in [0, 0.1) is 20.8 Å². The lowest BCUT2D eigenvalue weighted by atomic mass is 10.1. The maximum absolute atomic E-state index is 13.4. The number of ether oxygens (including phenoxy) is 2. The van der Waals surface area contributed by atoms with E-state index >= 15 is 0 Å². The number of sulfonamides is 1. The van der Waals surface area contributed by atoms with Crippen LogP contribution in [0.15, 0.2) is 134 Å². The number of nitrogens with zero attached hydrogens (tertiary/aromatic N) is 2. The molecule has 280 valence electrons. The Bertz CT molecular complexity index is 2660. The minimum atomic E-state index is -5.19. The number of anilines is 1. The summed E-state index contributed by atoms with van der Waals surface area (Å²) in [5, 5.41) is 19.1. The predicted molar refractivity (Wildman–Crippen MR) is 204 cm³/mol. The van der Waals surface area contributed by atoms with Crippen LogP contribution >= 0.6 is 10.9 Å². The van der Waals surface area contributed by atoms with Crippen molar-refractivity contribution in [2.75, 3.05) is 4.72 Å². The third-order valence-electron chi connectivity index (χ3n) is 8.12. The Morgan fingerprint density at radius 3 is 1.83 bits per heavy atom. The van der Waals surface area contributed by atoms with Crippen molar-refractivity contribution in [3.05, 3.63) is 126 Å². The first-order valence-electron chi connectivity index (χ1n) is 15.8. The molecule has 0 aliphatic heterocycles. The maximum Gasteiger partial charge on any atom is 0.296 e. The van der Waals surface area contributed by atoms with Crippen molar-refractivity contribution in [1.82, 2.24) is 0 Å². The fraction of sp³-hybridized carbons (Fsp3) is 0.0811. The third kappa shape index (κ3) is 8.32. The van der Waals surface area contributed by atoms with Crippen molar-refractivity contribution in [3.8, 4) is 28.7 Å². The first-order chi connectivity index (χ1) is 25.4. The second kappa shape index (κ2) is 14.7. The zero-order valence-electron chi connectivity index (χ0n) is 28.7. The molecule has 0 aliphatic rings. The van der Waals surface area contributed by atoms with Crippen molar-refractivity contribution in [2.45, 2.75) is 35.5 Å². The van der Waals surface area contributed by atoms with E-state index in [2.05, 4.69) is 15.0 Å². The molecular formula is C37H33N3O11S3. The monoisotopic (exact) mass is 791 g/mol. The van der Waals surface area contributed by atoms with Gasteiger partial charge in [0, 0.05) is 6.07 Å². The lowest BCUT2D eigenvalue weighted by molar-refractivity contribution is 0.376. The Hall–Kier alpha value is -5.53. The molecule has 6 rings (SSSR count). The van der Waals surface area contributed by atoms with Crippen LogP contribution in [0.1, 0.15) is 16.7 Å². The number of aromatic hydroxyl groups is 1. The average molecular weight is 792 g/mol. The fourth-order valence-electron chi connectivity index (χ4n) is 5.33. The van der Waals surface area contributed by atoms with Crippen molar-refractivity contribution < 1.29 is 49.6 Å². The molecule has 0 aromatic heterocycles. The summed E-state index contributed by atoms with van der Waals surface area (Å²) in [4.78, 5) is -1.80. The first kappa shape index (κ1) is 38.2. The molecule has 54 heavy (non-hydrogen) atoms. The topological polar surface area (TPSA) is 225 Å². The molecule has 0 aliphatic carbocycles. The Morgan fingerprint density at radius 2 is 1.24 bits per heavy atom. The van der Waals surface area contributed by atoms with Gasteiger partial charge in [0.25, 0.3) is 20.1 Å². The summed E-state index contributed by atoms with van der Waals surface area (Å²) in [6, 6.07) is 27.3. The van der Waals surface area contributed by atoms with Crippen molar-refractivity contribution in [2.24, 2.45) is 10.2 Å². The average Bonchev–Trinajstić information content (AvgIpc) is 3.09. The Labute approximate surface area is 312 Å². The van der Waals surface area contributed by atoms with E-state index in [1.165, 1.54) is 24.3 Å². The van der Waals surface area contributed by atoms with Crippen LogP contribution in [0.4, 0.5) is 17.1 Å². The number of benzene rings is 6. The van der Waals surface area contributed by atoms with E-state index in [0.29, 0.717) is 17.2 Å². The quantitative estimate of drug-likeness (QED) is 0.0535. The van der Waals surface area contributed by atoms with Gasteiger partial charge in [0.2, 0.25) is 0 Å². The lowest BCUT2D eigenvalue weighted by Crippen LogP contribution is -2.14. The Kier molecular flexibility index (Phi) is 10.4. The zero-order chi connectivity index (χ0) is 39.0. The molecule has 6 aromatic rings. The van der Waals surface area contributed by atoms with Crippen LogP contribution in [0.3, 0.4) is 0 Å². The number of aryl methyl sites for hydroxylation is 3. The second-order valence-electron chi connectivity index (χ2n) is 12.1. The predicted octanol–water partition coefficient (Wildman–Crippen LogP) is 10.1. The Morgan fingerprint density at radius 1 is 0.630 bits per heavy atom. The SMILES string of the molecule is Cc1ccc(S(=O)(=O)Nc2cc(S(O)(O)O)cc3cc(S(=O)(=O)O)c(N=Nc4ccc(Oc5ccccc5C)cc4Oc4ccccc4C)c(O)c23)cc1. The number of phenolic OH excluding ortho intramolecular Hbond substituents is 1. The number of phenols is 1. The van der Waals surface area contributed by atoms with Gasteiger partial charge in [-0.05, 0) is 91.9 Å². The molecule has 0 bridgehead atoms. The number of fused-ring (bicyclic) bond motifs is 1. The highest BCUT2D eigenvalue weighted by Crippen LogP contribution is 2.51. The van der Waals surface area contributed by atoms with Crippen LogP contribution in [-0.2, 0) is 20.1 Å². The van der Waals surface area contributed by atoms with Crippen LogP contribution in [-0.4, -0.2) is 40.2 Å². The largest absolute Gasteiger partial charge is 0.505 e. The van der Waals surface area contributed by atoms with E-state index in [-0.39, 0.29) is 27.1 Å².